The van der Waals surface area contributed by atoms with Crippen LogP contribution in [-0.2, 0) is 0 Å². The van der Waals surface area contributed by atoms with Crippen LogP contribution in [0.4, 0.5) is 8.78 Å². The highest BCUT2D eigenvalue weighted by molar-refractivity contribution is 7.10. The van der Waals surface area contributed by atoms with E-state index in [1.165, 1.54) is 23.5 Å². The minimum atomic E-state index is -0.912. The van der Waals surface area contributed by atoms with E-state index in [0.29, 0.717) is 10.7 Å². The molecule has 2 aromatic rings. The summed E-state index contributed by atoms with van der Waals surface area (Å²) in [5.41, 5.74) is 0.459. The van der Waals surface area contributed by atoms with E-state index in [9.17, 15) is 13.9 Å². The maximum Gasteiger partial charge on any atom is 0.168 e. The molecule has 84 valence electrons. The summed E-state index contributed by atoms with van der Waals surface area (Å²) in [5.74, 6) is -1.81. The van der Waals surface area contributed by atoms with E-state index in [-0.39, 0.29) is 5.56 Å². The Morgan fingerprint density at radius 3 is 2.75 bits per heavy atom. The zero-order valence-corrected chi connectivity index (χ0v) is 9.26. The summed E-state index contributed by atoms with van der Waals surface area (Å²) in [6, 6.07) is 3.94. The molecule has 1 atom stereocenters. The van der Waals surface area contributed by atoms with Crippen molar-refractivity contribution in [2.75, 3.05) is 0 Å². The average molecular weight is 241 g/mol. The Balaban J connectivity index is 2.47. The monoisotopic (exact) mass is 241 g/mol. The number of rotatable bonds is 2. The van der Waals surface area contributed by atoms with E-state index in [0.717, 1.165) is 6.07 Å². The molecule has 1 aromatic heterocycles. The molecule has 0 saturated heterocycles. The van der Waals surface area contributed by atoms with Gasteiger partial charge in [0.15, 0.2) is 11.6 Å². The Bertz CT molecular complexity index is 510. The number of aliphatic hydroxyl groups is 1. The SMILES string of the molecule is CC(O)c1nc(-c2cccc(F)c2F)cs1. The van der Waals surface area contributed by atoms with Crippen LogP contribution < -0.4 is 0 Å². The minimum absolute atomic E-state index is 0.114. The van der Waals surface area contributed by atoms with Crippen molar-refractivity contribution < 1.29 is 13.9 Å². The molecule has 16 heavy (non-hydrogen) atoms. The summed E-state index contributed by atoms with van der Waals surface area (Å²) in [5, 5.41) is 11.4. The summed E-state index contributed by atoms with van der Waals surface area (Å²) in [6.07, 6.45) is -0.699. The molecule has 0 spiro atoms. The third-order valence-electron chi connectivity index (χ3n) is 2.11. The summed E-state index contributed by atoms with van der Waals surface area (Å²) < 4.78 is 26.4. The molecule has 0 aliphatic carbocycles. The molecule has 0 radical (unpaired) electrons. The van der Waals surface area contributed by atoms with Crippen LogP contribution in [-0.4, -0.2) is 10.1 Å². The molecular weight excluding hydrogens is 232 g/mol. The van der Waals surface area contributed by atoms with Crippen molar-refractivity contribution in [3.05, 3.63) is 40.2 Å². The van der Waals surface area contributed by atoms with Gasteiger partial charge in [0.05, 0.1) is 5.69 Å². The maximum absolute atomic E-state index is 13.4. The Kier molecular flexibility index (Phi) is 2.98. The topological polar surface area (TPSA) is 33.1 Å². The summed E-state index contributed by atoms with van der Waals surface area (Å²) in [7, 11) is 0. The predicted molar refractivity (Wildman–Crippen MR) is 58.1 cm³/mol. The third kappa shape index (κ3) is 1.96. The van der Waals surface area contributed by atoms with Gasteiger partial charge in [-0.2, -0.15) is 0 Å². The second kappa shape index (κ2) is 4.27. The highest BCUT2D eigenvalue weighted by Crippen LogP contribution is 2.27. The molecule has 0 saturated carbocycles. The second-order valence-electron chi connectivity index (χ2n) is 3.35. The summed E-state index contributed by atoms with van der Waals surface area (Å²) >= 11 is 1.22. The molecule has 1 heterocycles. The minimum Gasteiger partial charge on any atom is -0.386 e. The van der Waals surface area contributed by atoms with Gasteiger partial charge in [0.25, 0.3) is 0 Å². The first-order valence-electron chi connectivity index (χ1n) is 4.67. The largest absolute Gasteiger partial charge is 0.386 e. The van der Waals surface area contributed by atoms with E-state index in [2.05, 4.69) is 4.98 Å². The zero-order valence-electron chi connectivity index (χ0n) is 8.45. The van der Waals surface area contributed by atoms with Crippen LogP contribution >= 0.6 is 11.3 Å². The Morgan fingerprint density at radius 2 is 2.12 bits per heavy atom. The van der Waals surface area contributed by atoms with Gasteiger partial charge in [0.2, 0.25) is 0 Å². The first-order chi connectivity index (χ1) is 7.59. The molecule has 0 aliphatic rings. The van der Waals surface area contributed by atoms with Gasteiger partial charge in [0, 0.05) is 10.9 Å². The fourth-order valence-corrected chi connectivity index (χ4v) is 2.06. The van der Waals surface area contributed by atoms with Crippen LogP contribution in [0.3, 0.4) is 0 Å². The lowest BCUT2D eigenvalue weighted by molar-refractivity contribution is 0.199. The van der Waals surface area contributed by atoms with Gasteiger partial charge in [0.1, 0.15) is 11.1 Å². The lowest BCUT2D eigenvalue weighted by atomic mass is 10.1. The molecule has 2 nitrogen and oxygen atoms in total. The van der Waals surface area contributed by atoms with Crippen LogP contribution in [0.2, 0.25) is 0 Å². The molecule has 5 heteroatoms. The molecular formula is C11H9F2NOS. The van der Waals surface area contributed by atoms with E-state index >= 15 is 0 Å². The first-order valence-corrected chi connectivity index (χ1v) is 5.55. The third-order valence-corrected chi connectivity index (χ3v) is 3.12. The van der Waals surface area contributed by atoms with Crippen LogP contribution in [0.15, 0.2) is 23.6 Å². The van der Waals surface area contributed by atoms with Gasteiger partial charge in [-0.05, 0) is 19.1 Å². The van der Waals surface area contributed by atoms with Crippen LogP contribution in [0.5, 0.6) is 0 Å². The molecule has 0 aliphatic heterocycles. The van der Waals surface area contributed by atoms with Crippen molar-refractivity contribution in [2.24, 2.45) is 0 Å². The highest BCUT2D eigenvalue weighted by atomic mass is 32.1. The fourth-order valence-electron chi connectivity index (χ4n) is 1.30. The molecule has 0 amide bonds. The van der Waals surface area contributed by atoms with Crippen LogP contribution in [0.25, 0.3) is 11.3 Å². The van der Waals surface area contributed by atoms with Gasteiger partial charge in [-0.3, -0.25) is 0 Å². The number of nitrogens with zero attached hydrogens (tertiary/aromatic N) is 1. The molecule has 0 bridgehead atoms. The standard InChI is InChI=1S/C11H9F2NOS/c1-6(15)11-14-9(5-16-11)7-3-2-4-8(12)10(7)13/h2-6,15H,1H3. The number of hydrogen-bond acceptors (Lipinski definition) is 3. The first kappa shape index (κ1) is 11.2. The van der Waals surface area contributed by atoms with Gasteiger partial charge in [-0.25, -0.2) is 13.8 Å². The number of aliphatic hydroxyl groups excluding tert-OH is 1. The lowest BCUT2D eigenvalue weighted by Gasteiger charge is -2.00. The van der Waals surface area contributed by atoms with Gasteiger partial charge >= 0.3 is 0 Å². The number of aromatic nitrogens is 1. The van der Waals surface area contributed by atoms with E-state index in [1.54, 1.807) is 12.3 Å². The van der Waals surface area contributed by atoms with E-state index in [1.807, 2.05) is 0 Å². The van der Waals surface area contributed by atoms with Crippen molar-refractivity contribution in [1.82, 2.24) is 4.98 Å². The predicted octanol–water partition coefficient (Wildman–Crippen LogP) is 3.14. The summed E-state index contributed by atoms with van der Waals surface area (Å²) in [6.45, 7) is 1.57. The summed E-state index contributed by atoms with van der Waals surface area (Å²) in [4.78, 5) is 4.04. The normalized spacial score (nSPS) is 12.8. The average Bonchev–Trinajstić information content (AvgIpc) is 2.71. The number of halogens is 2. The number of benzene rings is 1. The van der Waals surface area contributed by atoms with Gasteiger partial charge in [-0.1, -0.05) is 6.07 Å². The quantitative estimate of drug-likeness (QED) is 0.876. The lowest BCUT2D eigenvalue weighted by Crippen LogP contribution is -1.92. The van der Waals surface area contributed by atoms with Crippen molar-refractivity contribution >= 4 is 11.3 Å². The molecule has 1 aromatic carbocycles. The number of thiazole rings is 1. The second-order valence-corrected chi connectivity index (χ2v) is 4.24. The van der Waals surface area contributed by atoms with E-state index < -0.39 is 17.7 Å². The van der Waals surface area contributed by atoms with Crippen LogP contribution in [0, 0.1) is 11.6 Å². The maximum atomic E-state index is 13.4. The zero-order chi connectivity index (χ0) is 11.7. The van der Waals surface area contributed by atoms with Gasteiger partial charge < -0.3 is 5.11 Å². The van der Waals surface area contributed by atoms with Crippen molar-refractivity contribution in [2.45, 2.75) is 13.0 Å². The van der Waals surface area contributed by atoms with E-state index in [4.69, 9.17) is 0 Å². The fraction of sp³-hybridized carbons (Fsp3) is 0.182. The molecule has 1 unspecified atom stereocenters. The molecule has 0 fully saturated rings. The van der Waals surface area contributed by atoms with Crippen LogP contribution in [0.1, 0.15) is 18.0 Å². The van der Waals surface area contributed by atoms with Crippen molar-refractivity contribution in [1.29, 1.82) is 0 Å². The molecule has 2 rings (SSSR count). The Morgan fingerprint density at radius 1 is 1.38 bits per heavy atom. The Labute approximate surface area is 95.2 Å². The number of hydrogen-bond donors (Lipinski definition) is 1. The van der Waals surface area contributed by atoms with Crippen molar-refractivity contribution in [3.8, 4) is 11.3 Å². The highest BCUT2D eigenvalue weighted by Gasteiger charge is 2.14. The smallest absolute Gasteiger partial charge is 0.168 e. The molecule has 1 N–H and O–H groups in total. The van der Waals surface area contributed by atoms with Gasteiger partial charge in [-0.15, -0.1) is 11.3 Å². The Hall–Kier alpha value is -1.33. The van der Waals surface area contributed by atoms with Crippen molar-refractivity contribution in [3.63, 3.8) is 0 Å².